The van der Waals surface area contributed by atoms with E-state index in [1.165, 1.54) is 6.07 Å². The SMILES string of the molecule is CNC(c1cc(Br)ccc1F)C1CSC(C)C(C)S1. The number of rotatable bonds is 3. The number of thioether (sulfide) groups is 2. The topological polar surface area (TPSA) is 12.0 Å². The summed E-state index contributed by atoms with van der Waals surface area (Å²) in [5, 5.41) is 4.98. The summed E-state index contributed by atoms with van der Waals surface area (Å²) in [7, 11) is 1.92. The van der Waals surface area contributed by atoms with Gasteiger partial charge in [-0.05, 0) is 25.2 Å². The second-order valence-electron chi connectivity index (χ2n) is 4.85. The molecular weight excluding hydrogens is 345 g/mol. The minimum Gasteiger partial charge on any atom is -0.312 e. The van der Waals surface area contributed by atoms with Crippen LogP contribution in [-0.2, 0) is 0 Å². The second kappa shape index (κ2) is 6.83. The minimum atomic E-state index is -0.126. The summed E-state index contributed by atoms with van der Waals surface area (Å²) < 4.78 is 15.0. The Balaban J connectivity index is 2.22. The Labute approximate surface area is 131 Å². The summed E-state index contributed by atoms with van der Waals surface area (Å²) in [5.41, 5.74) is 0.761. The molecule has 4 unspecified atom stereocenters. The van der Waals surface area contributed by atoms with Gasteiger partial charge in [0.15, 0.2) is 0 Å². The van der Waals surface area contributed by atoms with Crippen molar-refractivity contribution in [2.24, 2.45) is 0 Å². The van der Waals surface area contributed by atoms with Crippen molar-refractivity contribution in [1.29, 1.82) is 0 Å². The Morgan fingerprint density at radius 2 is 2.11 bits per heavy atom. The Kier molecular flexibility index (Phi) is 5.64. The summed E-state index contributed by atoms with van der Waals surface area (Å²) in [6.45, 7) is 4.53. The number of hydrogen-bond donors (Lipinski definition) is 1. The van der Waals surface area contributed by atoms with Gasteiger partial charge in [0.1, 0.15) is 5.82 Å². The van der Waals surface area contributed by atoms with Crippen molar-refractivity contribution in [1.82, 2.24) is 5.32 Å². The quantitative estimate of drug-likeness (QED) is 0.850. The molecule has 0 saturated carbocycles. The predicted molar refractivity (Wildman–Crippen MR) is 88.7 cm³/mol. The van der Waals surface area contributed by atoms with Crippen LogP contribution in [-0.4, -0.2) is 28.6 Å². The van der Waals surface area contributed by atoms with Crippen LogP contribution in [0.3, 0.4) is 0 Å². The van der Waals surface area contributed by atoms with E-state index in [9.17, 15) is 4.39 Å². The Morgan fingerprint density at radius 1 is 1.37 bits per heavy atom. The normalized spacial score (nSPS) is 29.2. The van der Waals surface area contributed by atoms with Crippen LogP contribution in [0.2, 0.25) is 0 Å². The van der Waals surface area contributed by atoms with Gasteiger partial charge in [0.05, 0.1) is 0 Å². The molecule has 1 N–H and O–H groups in total. The maximum Gasteiger partial charge on any atom is 0.128 e. The van der Waals surface area contributed by atoms with E-state index in [0.29, 0.717) is 15.7 Å². The molecule has 0 bridgehead atoms. The maximum atomic E-state index is 14.1. The van der Waals surface area contributed by atoms with Crippen molar-refractivity contribution >= 4 is 39.5 Å². The standard InChI is InChI=1S/C14H19BrFNS2/c1-8-9(2)19-13(7-18-8)14(17-3)11-6-10(15)4-5-12(11)16/h4-6,8-9,13-14,17H,7H2,1-3H3. The van der Waals surface area contributed by atoms with E-state index >= 15 is 0 Å². The summed E-state index contributed by atoms with van der Waals surface area (Å²) >= 11 is 7.39. The Hall–Kier alpha value is 0.290. The zero-order chi connectivity index (χ0) is 14.0. The van der Waals surface area contributed by atoms with E-state index in [0.717, 1.165) is 15.8 Å². The zero-order valence-corrected chi connectivity index (χ0v) is 14.5. The largest absolute Gasteiger partial charge is 0.312 e. The molecule has 0 aliphatic carbocycles. The van der Waals surface area contributed by atoms with Gasteiger partial charge < -0.3 is 5.32 Å². The van der Waals surface area contributed by atoms with Gasteiger partial charge >= 0.3 is 0 Å². The fraction of sp³-hybridized carbons (Fsp3) is 0.571. The van der Waals surface area contributed by atoms with Crippen LogP contribution >= 0.6 is 39.5 Å². The molecule has 2 rings (SSSR count). The highest BCUT2D eigenvalue weighted by molar-refractivity contribution is 9.10. The third-order valence-electron chi connectivity index (χ3n) is 3.55. The minimum absolute atomic E-state index is 0.0601. The third kappa shape index (κ3) is 3.69. The summed E-state index contributed by atoms with van der Waals surface area (Å²) in [6.07, 6.45) is 0. The first kappa shape index (κ1) is 15.7. The zero-order valence-electron chi connectivity index (χ0n) is 11.3. The number of nitrogens with one attached hydrogen (secondary N) is 1. The second-order valence-corrected chi connectivity index (χ2v) is 8.80. The third-order valence-corrected chi connectivity index (χ3v) is 7.54. The molecule has 1 nitrogen and oxygen atoms in total. The van der Waals surface area contributed by atoms with Crippen LogP contribution in [0.4, 0.5) is 4.39 Å². The van der Waals surface area contributed by atoms with Gasteiger partial charge in [-0.25, -0.2) is 4.39 Å². The summed E-state index contributed by atoms with van der Waals surface area (Å²) in [5.74, 6) is 0.938. The van der Waals surface area contributed by atoms with Crippen LogP contribution in [0.15, 0.2) is 22.7 Å². The van der Waals surface area contributed by atoms with Gasteiger partial charge in [0.25, 0.3) is 0 Å². The number of benzene rings is 1. The van der Waals surface area contributed by atoms with Crippen LogP contribution in [0, 0.1) is 5.82 Å². The maximum absolute atomic E-state index is 14.1. The van der Waals surface area contributed by atoms with E-state index in [1.807, 2.05) is 36.6 Å². The Morgan fingerprint density at radius 3 is 2.74 bits per heavy atom. The van der Waals surface area contributed by atoms with Gasteiger partial charge in [-0.3, -0.25) is 0 Å². The van der Waals surface area contributed by atoms with Gasteiger partial charge in [-0.1, -0.05) is 29.8 Å². The van der Waals surface area contributed by atoms with Gasteiger partial charge in [0.2, 0.25) is 0 Å². The molecule has 1 aliphatic rings. The van der Waals surface area contributed by atoms with Crippen molar-refractivity contribution in [3.05, 3.63) is 34.1 Å². The average molecular weight is 364 g/mol. The fourth-order valence-electron chi connectivity index (χ4n) is 2.28. The molecular formula is C14H19BrFNS2. The molecule has 0 aromatic heterocycles. The summed E-state index contributed by atoms with van der Waals surface area (Å²) in [6, 6.07) is 5.24. The van der Waals surface area contributed by atoms with E-state index in [1.54, 1.807) is 6.07 Å². The van der Waals surface area contributed by atoms with E-state index in [4.69, 9.17) is 0 Å². The molecule has 1 heterocycles. The van der Waals surface area contributed by atoms with Crippen molar-refractivity contribution in [2.75, 3.05) is 12.8 Å². The molecule has 1 aromatic rings. The highest BCUT2D eigenvalue weighted by Gasteiger charge is 2.32. The molecule has 4 atom stereocenters. The molecule has 106 valence electrons. The molecule has 1 aliphatic heterocycles. The molecule has 0 radical (unpaired) electrons. The fourth-order valence-corrected chi connectivity index (χ4v) is 5.80. The van der Waals surface area contributed by atoms with Crippen molar-refractivity contribution < 1.29 is 4.39 Å². The van der Waals surface area contributed by atoms with Gasteiger partial charge in [-0.15, -0.1) is 0 Å². The molecule has 1 saturated heterocycles. The molecule has 0 amide bonds. The van der Waals surface area contributed by atoms with Gasteiger partial charge in [-0.2, -0.15) is 23.5 Å². The number of halogens is 2. The first-order valence-corrected chi connectivity index (χ1v) is 9.20. The van der Waals surface area contributed by atoms with Crippen molar-refractivity contribution in [3.8, 4) is 0 Å². The van der Waals surface area contributed by atoms with Crippen molar-refractivity contribution in [3.63, 3.8) is 0 Å². The average Bonchev–Trinajstić information content (AvgIpc) is 2.38. The summed E-state index contributed by atoms with van der Waals surface area (Å²) in [4.78, 5) is 0. The van der Waals surface area contributed by atoms with Crippen LogP contribution < -0.4 is 5.32 Å². The Bertz CT molecular complexity index is 443. The van der Waals surface area contributed by atoms with Crippen LogP contribution in [0.25, 0.3) is 0 Å². The lowest BCUT2D eigenvalue weighted by molar-refractivity contribution is 0.532. The van der Waals surface area contributed by atoms with Gasteiger partial charge in [0, 0.05) is 37.6 Å². The predicted octanol–water partition coefficient (Wildman–Crippen LogP) is 4.47. The lowest BCUT2D eigenvalue weighted by Crippen LogP contribution is -2.36. The van der Waals surface area contributed by atoms with Crippen molar-refractivity contribution in [2.45, 2.75) is 35.6 Å². The molecule has 19 heavy (non-hydrogen) atoms. The molecule has 0 spiro atoms. The monoisotopic (exact) mass is 363 g/mol. The first-order valence-electron chi connectivity index (χ1n) is 6.42. The van der Waals surface area contributed by atoms with E-state index < -0.39 is 0 Å². The highest BCUT2D eigenvalue weighted by Crippen LogP contribution is 2.41. The van der Waals surface area contributed by atoms with E-state index in [-0.39, 0.29) is 11.9 Å². The van der Waals surface area contributed by atoms with Crippen LogP contribution in [0.1, 0.15) is 25.5 Å². The first-order chi connectivity index (χ1) is 9.02. The van der Waals surface area contributed by atoms with E-state index in [2.05, 4.69) is 35.1 Å². The lowest BCUT2D eigenvalue weighted by Gasteiger charge is -2.36. The van der Waals surface area contributed by atoms with Crippen LogP contribution in [0.5, 0.6) is 0 Å². The smallest absolute Gasteiger partial charge is 0.128 e. The molecule has 1 fully saturated rings. The number of hydrogen-bond acceptors (Lipinski definition) is 3. The lowest BCUT2D eigenvalue weighted by atomic mass is 10.0. The molecule has 5 heteroatoms. The molecule has 1 aromatic carbocycles. The highest BCUT2D eigenvalue weighted by atomic mass is 79.9.